The first kappa shape index (κ1) is 13.5. The van der Waals surface area contributed by atoms with Gasteiger partial charge in [0.2, 0.25) is 0 Å². The van der Waals surface area contributed by atoms with E-state index in [1.165, 1.54) is 10.4 Å². The fourth-order valence-electron chi connectivity index (χ4n) is 2.75. The van der Waals surface area contributed by atoms with E-state index in [0.717, 1.165) is 29.5 Å². The van der Waals surface area contributed by atoms with Gasteiger partial charge in [-0.2, -0.15) is 0 Å². The van der Waals surface area contributed by atoms with Gasteiger partial charge >= 0.3 is 5.97 Å². The van der Waals surface area contributed by atoms with E-state index in [9.17, 15) is 9.90 Å². The second kappa shape index (κ2) is 4.52. The van der Waals surface area contributed by atoms with Crippen LogP contribution in [0, 0.1) is 5.41 Å². The maximum absolute atomic E-state index is 11.5. The summed E-state index contributed by atoms with van der Waals surface area (Å²) in [7, 11) is 0. The summed E-state index contributed by atoms with van der Waals surface area (Å²) >= 11 is 1.64. The molecule has 1 aliphatic rings. The van der Waals surface area contributed by atoms with Gasteiger partial charge in [0.15, 0.2) is 5.69 Å². The molecule has 0 spiro atoms. The third-order valence-electron chi connectivity index (χ3n) is 3.50. The van der Waals surface area contributed by atoms with E-state index >= 15 is 0 Å². The van der Waals surface area contributed by atoms with E-state index in [0.29, 0.717) is 12.2 Å². The number of rotatable bonds is 2. The molecule has 106 valence electrons. The molecule has 0 radical (unpaired) electrons. The molecule has 20 heavy (non-hydrogen) atoms. The number of aryl methyl sites for hydroxylation is 2. The summed E-state index contributed by atoms with van der Waals surface area (Å²) in [6.45, 7) is 6.32. The van der Waals surface area contributed by atoms with Gasteiger partial charge in [-0.05, 0) is 30.2 Å². The molecule has 0 bridgehead atoms. The van der Waals surface area contributed by atoms with E-state index in [1.54, 1.807) is 11.3 Å². The minimum atomic E-state index is -0.944. The molecule has 0 unspecified atom stereocenters. The minimum Gasteiger partial charge on any atom is -0.476 e. The van der Waals surface area contributed by atoms with Crippen molar-refractivity contribution in [1.29, 1.82) is 0 Å². The number of carboxylic acids is 1. The second-order valence-electron chi connectivity index (χ2n) is 6.57. The molecule has 0 amide bonds. The van der Waals surface area contributed by atoms with Crippen LogP contribution in [0.1, 0.15) is 53.9 Å². The summed E-state index contributed by atoms with van der Waals surface area (Å²) in [5, 5.41) is 10.3. The largest absolute Gasteiger partial charge is 0.476 e. The lowest BCUT2D eigenvalue weighted by Gasteiger charge is -2.16. The molecule has 0 aromatic carbocycles. The van der Waals surface area contributed by atoms with Gasteiger partial charge < -0.3 is 5.11 Å². The van der Waals surface area contributed by atoms with E-state index in [-0.39, 0.29) is 11.1 Å². The van der Waals surface area contributed by atoms with Gasteiger partial charge in [-0.1, -0.05) is 20.8 Å². The molecule has 0 atom stereocenters. The van der Waals surface area contributed by atoms with Gasteiger partial charge in [-0.15, -0.1) is 11.3 Å². The molecule has 2 heterocycles. The Hall–Kier alpha value is -1.49. The van der Waals surface area contributed by atoms with E-state index < -0.39 is 5.97 Å². The van der Waals surface area contributed by atoms with Gasteiger partial charge in [-0.3, -0.25) is 0 Å². The molecule has 4 nitrogen and oxygen atoms in total. The van der Waals surface area contributed by atoms with Crippen LogP contribution in [0.4, 0.5) is 0 Å². The lowest BCUT2D eigenvalue weighted by molar-refractivity contribution is 0.0692. The number of fused-ring (bicyclic) bond motifs is 3. The molecule has 0 saturated carbocycles. The number of carbonyl (C=O) groups is 1. The van der Waals surface area contributed by atoms with Crippen LogP contribution >= 0.6 is 11.3 Å². The normalized spacial score (nSPS) is 14.8. The number of hydrogen-bond acceptors (Lipinski definition) is 4. The molecular weight excluding hydrogens is 272 g/mol. The second-order valence-corrected chi connectivity index (χ2v) is 7.65. The Morgan fingerprint density at radius 3 is 2.70 bits per heavy atom. The van der Waals surface area contributed by atoms with Crippen molar-refractivity contribution in [2.45, 2.75) is 46.5 Å². The quantitative estimate of drug-likeness (QED) is 0.920. The Bertz CT molecular complexity index is 698. The predicted octanol–water partition coefficient (Wildman–Crippen LogP) is 3.47. The highest BCUT2D eigenvalue weighted by Crippen LogP contribution is 2.38. The Morgan fingerprint density at radius 2 is 2.05 bits per heavy atom. The van der Waals surface area contributed by atoms with Crippen molar-refractivity contribution in [3.63, 3.8) is 0 Å². The highest BCUT2D eigenvalue weighted by Gasteiger charge is 2.25. The lowest BCUT2D eigenvalue weighted by Crippen LogP contribution is -2.14. The van der Waals surface area contributed by atoms with E-state index in [4.69, 9.17) is 0 Å². The van der Waals surface area contributed by atoms with Crippen molar-refractivity contribution in [3.8, 4) is 0 Å². The summed E-state index contributed by atoms with van der Waals surface area (Å²) in [5.74, 6) is -0.303. The SMILES string of the molecule is CC(C)(C)Cc1nc(C(=O)O)c2c3c(sc2n1)CCC3. The van der Waals surface area contributed by atoms with Crippen LogP contribution in [-0.4, -0.2) is 21.0 Å². The highest BCUT2D eigenvalue weighted by atomic mass is 32.1. The maximum atomic E-state index is 11.5. The number of aromatic nitrogens is 2. The van der Waals surface area contributed by atoms with Gasteiger partial charge in [0, 0.05) is 16.7 Å². The molecule has 3 rings (SSSR count). The van der Waals surface area contributed by atoms with Gasteiger partial charge in [-0.25, -0.2) is 14.8 Å². The third-order valence-corrected chi connectivity index (χ3v) is 4.69. The van der Waals surface area contributed by atoms with E-state index in [2.05, 4.69) is 30.7 Å². The van der Waals surface area contributed by atoms with Crippen molar-refractivity contribution in [3.05, 3.63) is 22.0 Å². The number of aromatic carboxylic acids is 1. The van der Waals surface area contributed by atoms with Crippen molar-refractivity contribution < 1.29 is 9.90 Å². The Balaban J connectivity index is 2.21. The topological polar surface area (TPSA) is 63.1 Å². The molecular formula is C15H18N2O2S. The highest BCUT2D eigenvalue weighted by molar-refractivity contribution is 7.19. The fraction of sp³-hybridized carbons (Fsp3) is 0.533. The van der Waals surface area contributed by atoms with Gasteiger partial charge in [0.25, 0.3) is 0 Å². The van der Waals surface area contributed by atoms with Crippen molar-refractivity contribution in [1.82, 2.24) is 9.97 Å². The zero-order chi connectivity index (χ0) is 14.5. The van der Waals surface area contributed by atoms with Crippen LogP contribution in [-0.2, 0) is 19.3 Å². The minimum absolute atomic E-state index is 0.0451. The van der Waals surface area contributed by atoms with Crippen LogP contribution in [0.3, 0.4) is 0 Å². The van der Waals surface area contributed by atoms with Crippen LogP contribution in [0.2, 0.25) is 0 Å². The summed E-state index contributed by atoms with van der Waals surface area (Å²) in [6, 6.07) is 0. The number of hydrogen-bond donors (Lipinski definition) is 1. The van der Waals surface area contributed by atoms with Crippen LogP contribution < -0.4 is 0 Å². The van der Waals surface area contributed by atoms with E-state index in [1.807, 2.05) is 0 Å². The van der Waals surface area contributed by atoms with Crippen molar-refractivity contribution in [2.24, 2.45) is 5.41 Å². The molecule has 2 aromatic rings. The first-order chi connectivity index (χ1) is 9.35. The average molecular weight is 290 g/mol. The molecule has 5 heteroatoms. The fourth-order valence-corrected chi connectivity index (χ4v) is 4.03. The zero-order valence-corrected chi connectivity index (χ0v) is 12.8. The predicted molar refractivity (Wildman–Crippen MR) is 79.6 cm³/mol. The molecule has 0 fully saturated rings. The van der Waals surface area contributed by atoms with Crippen molar-refractivity contribution in [2.75, 3.05) is 0 Å². The standard InChI is InChI=1S/C15H18N2O2S/c1-15(2,3)7-10-16-12(14(18)19)11-8-5-4-6-9(8)20-13(11)17-10/h4-7H2,1-3H3,(H,18,19). The molecule has 1 aliphatic carbocycles. The van der Waals surface area contributed by atoms with Gasteiger partial charge in [0.1, 0.15) is 10.7 Å². The number of carboxylic acid groups (broad SMARTS) is 1. The summed E-state index contributed by atoms with van der Waals surface area (Å²) < 4.78 is 0. The summed E-state index contributed by atoms with van der Waals surface area (Å²) in [4.78, 5) is 22.6. The van der Waals surface area contributed by atoms with Crippen molar-refractivity contribution >= 4 is 27.5 Å². The first-order valence-corrected chi connectivity index (χ1v) is 7.71. The molecule has 0 saturated heterocycles. The first-order valence-electron chi connectivity index (χ1n) is 6.89. The summed E-state index contributed by atoms with van der Waals surface area (Å²) in [6.07, 6.45) is 3.80. The molecule has 0 aliphatic heterocycles. The van der Waals surface area contributed by atoms with Crippen LogP contribution in [0.15, 0.2) is 0 Å². The third kappa shape index (κ3) is 2.30. The number of nitrogens with zero attached hydrogens (tertiary/aromatic N) is 2. The maximum Gasteiger partial charge on any atom is 0.355 e. The monoisotopic (exact) mass is 290 g/mol. The van der Waals surface area contributed by atoms with Crippen LogP contribution in [0.5, 0.6) is 0 Å². The lowest BCUT2D eigenvalue weighted by atomic mass is 9.92. The average Bonchev–Trinajstić information content (AvgIpc) is 2.84. The summed E-state index contributed by atoms with van der Waals surface area (Å²) in [5.41, 5.74) is 1.40. The van der Waals surface area contributed by atoms with Gasteiger partial charge in [0.05, 0.1) is 0 Å². The van der Waals surface area contributed by atoms with Crippen LogP contribution in [0.25, 0.3) is 10.2 Å². The Kier molecular flexibility index (Phi) is 3.05. The smallest absolute Gasteiger partial charge is 0.355 e. The number of thiophene rings is 1. The zero-order valence-electron chi connectivity index (χ0n) is 12.0. The molecule has 2 aromatic heterocycles. The molecule has 1 N–H and O–H groups in total. The Morgan fingerprint density at radius 1 is 1.30 bits per heavy atom. The Labute approximate surface area is 121 Å².